The Hall–Kier alpha value is -0.580. The summed E-state index contributed by atoms with van der Waals surface area (Å²) in [4.78, 5) is 0. The van der Waals surface area contributed by atoms with Gasteiger partial charge in [0.05, 0.1) is 0 Å². The van der Waals surface area contributed by atoms with Gasteiger partial charge in [0.25, 0.3) is 0 Å². The van der Waals surface area contributed by atoms with Crippen molar-refractivity contribution in [2.45, 2.75) is 13.8 Å². The lowest BCUT2D eigenvalue weighted by Gasteiger charge is -2.03. The second-order valence-electron chi connectivity index (χ2n) is 3.75. The maximum atomic E-state index is 5.28. The fourth-order valence-corrected chi connectivity index (χ4v) is 2.97. The van der Waals surface area contributed by atoms with Gasteiger partial charge in [0.15, 0.2) is 10.2 Å². The predicted octanol–water partition coefficient (Wildman–Crippen LogP) is 0.871. The van der Waals surface area contributed by atoms with Gasteiger partial charge in [0.2, 0.25) is 0 Å². The van der Waals surface area contributed by atoms with Crippen LogP contribution < -0.4 is 22.3 Å². The van der Waals surface area contributed by atoms with E-state index >= 15 is 0 Å². The van der Waals surface area contributed by atoms with Gasteiger partial charge in [-0.15, -0.1) is 0 Å². The van der Waals surface area contributed by atoms with Gasteiger partial charge in [-0.1, -0.05) is 0 Å². The zero-order valence-corrected chi connectivity index (χ0v) is 14.8. The third kappa shape index (κ3) is 13.8. The Morgan fingerprint density at radius 1 is 0.900 bits per heavy atom. The number of nitrogens with zero attached hydrogens (tertiary/aromatic N) is 2. The van der Waals surface area contributed by atoms with Crippen LogP contribution in [-0.4, -0.2) is 44.7 Å². The monoisotopic (exact) mass is 352 g/mol. The highest BCUT2D eigenvalue weighted by atomic mass is 32.2. The van der Waals surface area contributed by atoms with Crippen molar-refractivity contribution in [3.05, 3.63) is 0 Å². The van der Waals surface area contributed by atoms with E-state index in [1.54, 1.807) is 0 Å². The first kappa shape index (κ1) is 19.4. The largest absolute Gasteiger partial charge is 0.375 e. The van der Waals surface area contributed by atoms with Gasteiger partial charge >= 0.3 is 0 Å². The molecule has 0 fully saturated rings. The van der Waals surface area contributed by atoms with Gasteiger partial charge in [-0.3, -0.25) is 10.9 Å². The summed E-state index contributed by atoms with van der Waals surface area (Å²) in [5.74, 6) is 3.79. The highest BCUT2D eigenvalue weighted by Gasteiger charge is 1.96. The van der Waals surface area contributed by atoms with Gasteiger partial charge in [0.1, 0.15) is 0 Å². The van der Waals surface area contributed by atoms with E-state index in [2.05, 4.69) is 45.5 Å². The number of rotatable bonds is 9. The Balaban J connectivity index is 3.58. The molecule has 20 heavy (non-hydrogen) atoms. The first-order valence-corrected chi connectivity index (χ1v) is 8.87. The van der Waals surface area contributed by atoms with Crippen molar-refractivity contribution < 1.29 is 0 Å². The summed E-state index contributed by atoms with van der Waals surface area (Å²) in [6.45, 7) is 3.87. The molecule has 0 atom stereocenters. The van der Waals surface area contributed by atoms with E-state index in [1.807, 2.05) is 37.4 Å². The molecule has 0 aromatic rings. The third-order valence-corrected chi connectivity index (χ3v) is 4.38. The van der Waals surface area contributed by atoms with E-state index in [9.17, 15) is 0 Å². The Morgan fingerprint density at radius 2 is 1.25 bits per heavy atom. The molecule has 114 valence electrons. The fourth-order valence-electron chi connectivity index (χ4n) is 0.923. The number of nitrogens with one attached hydrogen (secondary N) is 2. The first-order valence-electron chi connectivity index (χ1n) is 5.74. The molecule has 0 unspecified atom stereocenters. The molecular formula is C10H20N6S4. The molecule has 0 spiro atoms. The standard InChI is InChI=1S/C10H20N6S4/c1-7(13-15-9(11)17)5-19-3-4-20-6-8(2)14-16-10(12)18/h3-6H2,1-2H3,(H3,11,15,17)(H3,12,16,18)/b13-7+,14-8+. The average Bonchev–Trinajstić information content (AvgIpc) is 2.37. The molecule has 0 aliphatic heterocycles. The smallest absolute Gasteiger partial charge is 0.184 e. The van der Waals surface area contributed by atoms with Crippen LogP contribution in [0.4, 0.5) is 0 Å². The zero-order chi connectivity index (χ0) is 15.4. The number of hydrogen-bond acceptors (Lipinski definition) is 6. The third-order valence-electron chi connectivity index (χ3n) is 1.71. The number of thioether (sulfide) groups is 2. The Morgan fingerprint density at radius 3 is 1.55 bits per heavy atom. The van der Waals surface area contributed by atoms with Gasteiger partial charge in [0, 0.05) is 34.4 Å². The number of nitrogens with two attached hydrogens (primary N) is 2. The van der Waals surface area contributed by atoms with Crippen molar-refractivity contribution in [3.63, 3.8) is 0 Å². The van der Waals surface area contributed by atoms with Crippen molar-refractivity contribution in [1.29, 1.82) is 0 Å². The Kier molecular flexibility index (Phi) is 11.8. The second-order valence-corrected chi connectivity index (χ2v) is 6.84. The molecule has 0 aliphatic rings. The van der Waals surface area contributed by atoms with Gasteiger partial charge in [-0.25, -0.2) is 0 Å². The Labute approximate surface area is 138 Å². The summed E-state index contributed by atoms with van der Waals surface area (Å²) in [6.07, 6.45) is 0. The minimum atomic E-state index is 0.185. The van der Waals surface area contributed by atoms with Gasteiger partial charge in [-0.05, 0) is 38.3 Å². The molecule has 6 nitrogen and oxygen atoms in total. The molecule has 10 heteroatoms. The van der Waals surface area contributed by atoms with Crippen LogP contribution in [0.25, 0.3) is 0 Å². The molecule has 0 aromatic heterocycles. The van der Waals surface area contributed by atoms with E-state index in [0.717, 1.165) is 34.4 Å². The van der Waals surface area contributed by atoms with E-state index in [1.165, 1.54) is 0 Å². The molecule has 0 radical (unpaired) electrons. The van der Waals surface area contributed by atoms with Crippen molar-refractivity contribution in [1.82, 2.24) is 10.9 Å². The first-order chi connectivity index (χ1) is 9.41. The van der Waals surface area contributed by atoms with Crippen molar-refractivity contribution in [2.24, 2.45) is 21.7 Å². The van der Waals surface area contributed by atoms with Crippen LogP contribution in [0.1, 0.15) is 13.8 Å². The number of hydrogen-bond donors (Lipinski definition) is 4. The lowest BCUT2D eigenvalue weighted by Crippen LogP contribution is -2.25. The van der Waals surface area contributed by atoms with Crippen LogP contribution in [0.15, 0.2) is 10.2 Å². The summed E-state index contributed by atoms with van der Waals surface area (Å²) in [6, 6.07) is 0. The van der Waals surface area contributed by atoms with Crippen LogP contribution in [0.2, 0.25) is 0 Å². The molecule has 6 N–H and O–H groups in total. The Bertz CT molecular complexity index is 346. The lowest BCUT2D eigenvalue weighted by atomic mass is 10.5. The lowest BCUT2D eigenvalue weighted by molar-refractivity contribution is 1.03. The predicted molar refractivity (Wildman–Crippen MR) is 101 cm³/mol. The zero-order valence-electron chi connectivity index (χ0n) is 11.5. The quantitative estimate of drug-likeness (QED) is 0.210. The maximum Gasteiger partial charge on any atom is 0.184 e. The van der Waals surface area contributed by atoms with Crippen LogP contribution >= 0.6 is 48.0 Å². The van der Waals surface area contributed by atoms with E-state index in [4.69, 9.17) is 11.5 Å². The summed E-state index contributed by atoms with van der Waals surface area (Å²) in [7, 11) is 0. The van der Waals surface area contributed by atoms with Crippen LogP contribution in [0, 0.1) is 0 Å². The summed E-state index contributed by atoms with van der Waals surface area (Å²) < 4.78 is 0. The topological polar surface area (TPSA) is 101 Å². The summed E-state index contributed by atoms with van der Waals surface area (Å²) in [5, 5.41) is 8.43. The van der Waals surface area contributed by atoms with Crippen LogP contribution in [-0.2, 0) is 0 Å². The fraction of sp³-hybridized carbons (Fsp3) is 0.600. The average molecular weight is 353 g/mol. The molecule has 0 bridgehead atoms. The van der Waals surface area contributed by atoms with E-state index in [0.29, 0.717) is 0 Å². The van der Waals surface area contributed by atoms with E-state index < -0.39 is 0 Å². The van der Waals surface area contributed by atoms with Gasteiger partial charge < -0.3 is 11.5 Å². The van der Waals surface area contributed by atoms with Crippen LogP contribution in [0.5, 0.6) is 0 Å². The normalized spacial score (nSPS) is 12.1. The minimum Gasteiger partial charge on any atom is -0.375 e. The molecular weight excluding hydrogens is 332 g/mol. The molecule has 0 saturated heterocycles. The number of thiocarbonyl (C=S) groups is 2. The molecule has 0 heterocycles. The number of hydrazone groups is 2. The highest BCUT2D eigenvalue weighted by Crippen LogP contribution is 2.07. The maximum absolute atomic E-state index is 5.28. The van der Waals surface area contributed by atoms with Gasteiger partial charge in [-0.2, -0.15) is 33.7 Å². The van der Waals surface area contributed by atoms with E-state index in [-0.39, 0.29) is 10.2 Å². The molecule has 0 amide bonds. The van der Waals surface area contributed by atoms with Crippen molar-refractivity contribution >= 4 is 69.6 Å². The molecule has 0 rings (SSSR count). The highest BCUT2D eigenvalue weighted by molar-refractivity contribution is 8.03. The second kappa shape index (κ2) is 12.2. The summed E-state index contributed by atoms with van der Waals surface area (Å²) in [5.41, 5.74) is 17.6. The van der Waals surface area contributed by atoms with Crippen molar-refractivity contribution in [3.8, 4) is 0 Å². The minimum absolute atomic E-state index is 0.185. The van der Waals surface area contributed by atoms with Crippen molar-refractivity contribution in [2.75, 3.05) is 23.0 Å². The van der Waals surface area contributed by atoms with Crippen LogP contribution in [0.3, 0.4) is 0 Å². The molecule has 0 saturated carbocycles. The molecule has 0 aliphatic carbocycles. The SMILES string of the molecule is C/C(CSCCSC/C(C)=N/NC(N)=S)=N\NC(N)=S. The summed E-state index contributed by atoms with van der Waals surface area (Å²) >= 11 is 12.9. The molecule has 0 aromatic carbocycles.